The summed E-state index contributed by atoms with van der Waals surface area (Å²) in [6.45, 7) is 8.11. The van der Waals surface area contributed by atoms with Crippen LogP contribution in [0.5, 0.6) is 0 Å². The molecule has 31 heavy (non-hydrogen) atoms. The van der Waals surface area contributed by atoms with Crippen molar-refractivity contribution in [2.24, 2.45) is 7.05 Å². The van der Waals surface area contributed by atoms with E-state index in [1.165, 1.54) is 27.7 Å². The third kappa shape index (κ3) is 4.75. The van der Waals surface area contributed by atoms with E-state index in [1.54, 1.807) is 0 Å². The molecule has 0 aliphatic carbocycles. The van der Waals surface area contributed by atoms with Gasteiger partial charge in [0.05, 0.1) is 16.7 Å². The second-order valence-corrected chi connectivity index (χ2v) is 7.98. The number of rotatable bonds is 4. The van der Waals surface area contributed by atoms with E-state index >= 15 is 0 Å². The summed E-state index contributed by atoms with van der Waals surface area (Å²) in [5.41, 5.74) is 5.73. The number of hydrogen-bond acceptors (Lipinski definition) is 1. The second-order valence-electron chi connectivity index (χ2n) is 7.29. The molecule has 0 aliphatic rings. The molecule has 2 heterocycles. The Bertz CT molecular complexity index is 1270. The van der Waals surface area contributed by atoms with Crippen LogP contribution >= 0.6 is 11.6 Å². The maximum Gasteiger partial charge on any atom is 0.0737 e. The molecule has 4 rings (SSSR count). The lowest BCUT2D eigenvalue weighted by atomic mass is 10.0. The first-order valence-electron chi connectivity index (χ1n) is 11.1. The summed E-state index contributed by atoms with van der Waals surface area (Å²) in [6, 6.07) is 23.3. The molecule has 160 valence electrons. The number of alkyl halides is 1. The highest BCUT2D eigenvalue weighted by molar-refractivity contribution is 6.23. The van der Waals surface area contributed by atoms with Crippen molar-refractivity contribution in [2.75, 3.05) is 0 Å². The molecule has 2 aromatic heterocycles. The Balaban J connectivity index is 0.00000132. The summed E-state index contributed by atoms with van der Waals surface area (Å²) in [5.74, 6) is 0. The number of nitrogens with zero attached hydrogens (tertiary/aromatic N) is 2. The molecule has 2 aromatic carbocycles. The fourth-order valence-electron chi connectivity index (χ4n) is 3.96. The Kier molecular flexibility index (Phi) is 7.70. The molecule has 0 aliphatic heterocycles. The van der Waals surface area contributed by atoms with Gasteiger partial charge >= 0.3 is 0 Å². The smallest absolute Gasteiger partial charge is 0.0737 e. The average Bonchev–Trinajstić information content (AvgIpc) is 3.09. The molecule has 0 fully saturated rings. The zero-order valence-corrected chi connectivity index (χ0v) is 19.8. The normalized spacial score (nSPS) is 13.2. The van der Waals surface area contributed by atoms with Gasteiger partial charge in [0.1, 0.15) is 0 Å². The van der Waals surface area contributed by atoms with Gasteiger partial charge in [0, 0.05) is 28.9 Å². The van der Waals surface area contributed by atoms with Crippen molar-refractivity contribution in [1.29, 1.82) is 0 Å². The lowest BCUT2D eigenvalue weighted by Crippen LogP contribution is -2.29. The second kappa shape index (κ2) is 10.5. The van der Waals surface area contributed by atoms with Crippen molar-refractivity contribution in [3.05, 3.63) is 77.3 Å². The number of pyridine rings is 1. The van der Waals surface area contributed by atoms with Crippen LogP contribution in [0.4, 0.5) is 0 Å². The molecule has 0 saturated carbocycles. The van der Waals surface area contributed by atoms with Gasteiger partial charge in [-0.25, -0.2) is 4.98 Å². The number of halogens is 1. The Morgan fingerprint density at radius 1 is 0.968 bits per heavy atom. The van der Waals surface area contributed by atoms with Crippen LogP contribution in [0.15, 0.2) is 66.7 Å². The topological polar surface area (TPSA) is 17.8 Å². The predicted octanol–water partition coefficient (Wildman–Crippen LogP) is 6.53. The van der Waals surface area contributed by atoms with Gasteiger partial charge in [-0.1, -0.05) is 87.5 Å². The average molecular weight is 431 g/mol. The molecular formula is C28H31ClN2. The molecule has 0 amide bonds. The number of benzene rings is 2. The van der Waals surface area contributed by atoms with Crippen LogP contribution in [-0.2, 0) is 7.05 Å². The summed E-state index contributed by atoms with van der Waals surface area (Å²) in [4.78, 5) is 5.08. The first-order valence-corrected chi connectivity index (χ1v) is 11.5. The predicted molar refractivity (Wildman–Crippen MR) is 137 cm³/mol. The van der Waals surface area contributed by atoms with Crippen LogP contribution in [0.3, 0.4) is 0 Å². The van der Waals surface area contributed by atoms with E-state index in [0.717, 1.165) is 22.7 Å². The third-order valence-corrected chi connectivity index (χ3v) is 5.30. The molecule has 0 saturated heterocycles. The molecule has 0 N–H and O–H groups in total. The minimum atomic E-state index is -0.0379. The minimum absolute atomic E-state index is 0.0379. The van der Waals surface area contributed by atoms with E-state index in [9.17, 15) is 0 Å². The van der Waals surface area contributed by atoms with E-state index in [1.807, 2.05) is 20.8 Å². The van der Waals surface area contributed by atoms with E-state index < -0.39 is 0 Å². The van der Waals surface area contributed by atoms with Crippen molar-refractivity contribution in [3.63, 3.8) is 0 Å². The number of para-hydroxylation sites is 1. The largest absolute Gasteiger partial charge is 0.343 e. The summed E-state index contributed by atoms with van der Waals surface area (Å²) in [5, 5.41) is 3.25. The number of aryl methyl sites for hydroxylation is 1. The van der Waals surface area contributed by atoms with Crippen molar-refractivity contribution in [3.8, 4) is 22.5 Å². The van der Waals surface area contributed by atoms with Gasteiger partial charge in [0.25, 0.3) is 0 Å². The quantitative estimate of drug-likeness (QED) is 0.336. The summed E-state index contributed by atoms with van der Waals surface area (Å²) >= 11 is 6.23. The van der Waals surface area contributed by atoms with Gasteiger partial charge in [0.15, 0.2) is 0 Å². The number of hydrogen-bond donors (Lipinski definition) is 0. The molecule has 0 unspecified atom stereocenters. The third-order valence-electron chi connectivity index (χ3n) is 5.17. The highest BCUT2D eigenvalue weighted by Crippen LogP contribution is 2.38. The minimum Gasteiger partial charge on any atom is -0.343 e. The van der Waals surface area contributed by atoms with Crippen LogP contribution in [0.1, 0.15) is 34.1 Å². The lowest BCUT2D eigenvalue weighted by Gasteiger charge is -2.09. The fraction of sp³-hybridized carbons (Fsp3) is 0.250. The van der Waals surface area contributed by atoms with Gasteiger partial charge in [-0.15, -0.1) is 11.6 Å². The molecule has 0 bridgehead atoms. The number of aromatic nitrogens is 2. The number of fused-ring (bicyclic) bond motifs is 1. The molecule has 2 nitrogen and oxygen atoms in total. The molecular weight excluding hydrogens is 400 g/mol. The van der Waals surface area contributed by atoms with Crippen molar-refractivity contribution in [2.45, 2.75) is 39.5 Å². The fourth-order valence-corrected chi connectivity index (χ4v) is 4.09. The van der Waals surface area contributed by atoms with Crippen LogP contribution in [0.25, 0.3) is 45.6 Å². The van der Waals surface area contributed by atoms with Crippen LogP contribution < -0.4 is 10.6 Å². The van der Waals surface area contributed by atoms with E-state index in [2.05, 4.69) is 97.4 Å². The van der Waals surface area contributed by atoms with Gasteiger partial charge in [0.2, 0.25) is 0 Å². The molecule has 1 atom stereocenters. The van der Waals surface area contributed by atoms with E-state index in [0.29, 0.717) is 0 Å². The van der Waals surface area contributed by atoms with Gasteiger partial charge in [-0.05, 0) is 36.3 Å². The molecule has 0 spiro atoms. The molecule has 4 aromatic rings. The summed E-state index contributed by atoms with van der Waals surface area (Å²) < 4.78 is 2.27. The maximum absolute atomic E-state index is 6.23. The Labute approximate surface area is 190 Å². The highest BCUT2D eigenvalue weighted by Gasteiger charge is 2.18. The Morgan fingerprint density at radius 2 is 1.65 bits per heavy atom. The first-order chi connectivity index (χ1) is 15.1. The zero-order valence-electron chi connectivity index (χ0n) is 19.1. The summed E-state index contributed by atoms with van der Waals surface area (Å²) in [6.07, 6.45) is 5.15. The van der Waals surface area contributed by atoms with Crippen LogP contribution in [0, 0.1) is 0 Å². The molecule has 3 heteroatoms. The van der Waals surface area contributed by atoms with E-state index in [-0.39, 0.29) is 5.38 Å². The van der Waals surface area contributed by atoms with Gasteiger partial charge < -0.3 is 4.57 Å². The van der Waals surface area contributed by atoms with Crippen molar-refractivity contribution in [1.82, 2.24) is 9.55 Å². The Hall–Kier alpha value is -2.84. The standard InChI is InChI=1S/C26H25ClN2.C2H6/c1-4-10-22-20(17-18(2)27)15-16-23(28-22)25-21-13-8-9-14-24(21)29(3)26(25)19-11-6-5-7-12-19;1-2/h5-18H,4H2,1-3H3;1-2H3/b20-17-,22-10+;/t18-;/m0./s1. The SMILES string of the molecule is CC.CC/C=c1/nc(-c2c(-c3ccccc3)n(C)c3ccccc23)cc/c1=C/[C@H](C)Cl. The van der Waals surface area contributed by atoms with Gasteiger partial charge in [-0.3, -0.25) is 0 Å². The van der Waals surface area contributed by atoms with E-state index in [4.69, 9.17) is 16.6 Å². The van der Waals surface area contributed by atoms with Gasteiger partial charge in [-0.2, -0.15) is 0 Å². The van der Waals surface area contributed by atoms with Crippen molar-refractivity contribution >= 4 is 34.7 Å². The van der Waals surface area contributed by atoms with Crippen molar-refractivity contribution < 1.29 is 0 Å². The highest BCUT2D eigenvalue weighted by atomic mass is 35.5. The van der Waals surface area contributed by atoms with Crippen LogP contribution in [0.2, 0.25) is 0 Å². The molecule has 0 radical (unpaired) electrons. The first kappa shape index (κ1) is 22.8. The van der Waals surface area contributed by atoms with Crippen LogP contribution in [-0.4, -0.2) is 14.9 Å². The zero-order chi connectivity index (χ0) is 22.4. The Morgan fingerprint density at radius 3 is 2.32 bits per heavy atom. The summed E-state index contributed by atoms with van der Waals surface area (Å²) in [7, 11) is 2.13. The monoisotopic (exact) mass is 430 g/mol. The maximum atomic E-state index is 6.23. The lowest BCUT2D eigenvalue weighted by molar-refractivity contribution is 0.978.